The molecule has 0 bridgehead atoms. The molecule has 0 N–H and O–H groups in total. The molecule has 1 aliphatic rings. The predicted octanol–water partition coefficient (Wildman–Crippen LogP) is 7.38. The Hall–Kier alpha value is -0.281. The van der Waals surface area contributed by atoms with E-state index in [2.05, 4.69) is 62.4 Å². The Morgan fingerprint density at radius 1 is 0.840 bits per heavy atom. The normalized spacial score (nSPS) is 13.1. The summed E-state index contributed by atoms with van der Waals surface area (Å²) in [5, 5.41) is 0. The van der Waals surface area contributed by atoms with Crippen molar-refractivity contribution in [2.75, 3.05) is 0 Å². The predicted molar refractivity (Wildman–Crippen MR) is 117 cm³/mol. The van der Waals surface area contributed by atoms with Crippen LogP contribution in [0.2, 0.25) is 13.3 Å². The molecule has 0 spiro atoms. The van der Waals surface area contributed by atoms with Gasteiger partial charge in [-0.25, -0.2) is 0 Å². The third-order valence-electron chi connectivity index (χ3n) is 6.00. The Morgan fingerprint density at radius 2 is 1.44 bits per heavy atom. The third kappa shape index (κ3) is 4.18. The van der Waals surface area contributed by atoms with Gasteiger partial charge in [-0.15, -0.1) is 0 Å². The van der Waals surface area contributed by atoms with E-state index in [0.717, 1.165) is 0 Å². The molecular formula is C23H34SSn. The van der Waals surface area contributed by atoms with Gasteiger partial charge in [-0.2, -0.15) is 0 Å². The molecule has 0 saturated carbocycles. The van der Waals surface area contributed by atoms with E-state index in [0.29, 0.717) is 0 Å². The van der Waals surface area contributed by atoms with Crippen LogP contribution in [-0.2, 0) is 6.42 Å². The van der Waals surface area contributed by atoms with Crippen molar-refractivity contribution in [3.8, 4) is 10.4 Å². The molecule has 0 radical (unpaired) electrons. The summed E-state index contributed by atoms with van der Waals surface area (Å²) in [6.45, 7) is 7.13. The van der Waals surface area contributed by atoms with Crippen molar-refractivity contribution in [1.29, 1.82) is 0 Å². The molecule has 3 rings (SSSR count). The molecule has 0 unspecified atom stereocenters. The zero-order valence-electron chi connectivity index (χ0n) is 16.4. The molecule has 0 aliphatic heterocycles. The first-order valence-corrected chi connectivity index (χ1v) is 18.8. The Morgan fingerprint density at radius 3 is 2.04 bits per heavy atom. The number of benzene rings is 1. The second-order valence-electron chi connectivity index (χ2n) is 7.89. The quantitative estimate of drug-likeness (QED) is 0.277. The topological polar surface area (TPSA) is 0 Å². The van der Waals surface area contributed by atoms with Gasteiger partial charge in [-0.05, 0) is 0 Å². The van der Waals surface area contributed by atoms with Gasteiger partial charge < -0.3 is 0 Å². The van der Waals surface area contributed by atoms with Crippen molar-refractivity contribution in [1.82, 2.24) is 0 Å². The Bertz CT molecular complexity index is 663. The van der Waals surface area contributed by atoms with E-state index in [1.165, 1.54) is 50.5 Å². The van der Waals surface area contributed by atoms with Crippen molar-refractivity contribution < 1.29 is 0 Å². The van der Waals surface area contributed by atoms with Crippen molar-refractivity contribution in [3.63, 3.8) is 0 Å². The second-order valence-corrected chi connectivity index (χ2v) is 23.1. The van der Waals surface area contributed by atoms with Gasteiger partial charge in [-0.3, -0.25) is 0 Å². The average Bonchev–Trinajstić information content (AvgIpc) is 3.20. The molecular weight excluding hydrogens is 427 g/mol. The molecule has 0 fully saturated rings. The van der Waals surface area contributed by atoms with Crippen LogP contribution >= 0.6 is 11.3 Å². The first-order chi connectivity index (χ1) is 12.2. The minimum atomic E-state index is -2.23. The van der Waals surface area contributed by atoms with Crippen molar-refractivity contribution in [2.24, 2.45) is 0 Å². The van der Waals surface area contributed by atoms with Crippen LogP contribution in [0.25, 0.3) is 10.4 Å². The number of fused-ring (bicyclic) bond motifs is 3. The summed E-state index contributed by atoms with van der Waals surface area (Å²) in [6, 6.07) is 11.8. The van der Waals surface area contributed by atoms with Crippen molar-refractivity contribution in [3.05, 3.63) is 41.5 Å². The van der Waals surface area contributed by atoms with E-state index < -0.39 is 18.4 Å². The summed E-state index contributed by atoms with van der Waals surface area (Å²) in [5.41, 5.74) is 4.73. The van der Waals surface area contributed by atoms with Gasteiger partial charge in [0.15, 0.2) is 0 Å². The van der Waals surface area contributed by atoms with Gasteiger partial charge in [0.2, 0.25) is 0 Å². The summed E-state index contributed by atoms with van der Waals surface area (Å²) in [5.74, 6) is 0. The Labute approximate surface area is 162 Å². The van der Waals surface area contributed by atoms with Crippen LogP contribution in [0.5, 0.6) is 0 Å². The summed E-state index contributed by atoms with van der Waals surface area (Å²) in [7, 11) is 0. The zero-order chi connectivity index (χ0) is 17.7. The number of unbranched alkanes of at least 4 members (excludes halogenated alkanes) is 3. The summed E-state index contributed by atoms with van der Waals surface area (Å²) in [4.78, 5) is 1.62. The monoisotopic (exact) mass is 462 g/mol. The minimum absolute atomic E-state index is 1.18. The summed E-state index contributed by atoms with van der Waals surface area (Å²) < 4.78 is 6.68. The van der Waals surface area contributed by atoms with Gasteiger partial charge in [-0.1, -0.05) is 0 Å². The molecule has 0 nitrogen and oxygen atoms in total. The Balaban J connectivity index is 1.96. The van der Waals surface area contributed by atoms with Crippen LogP contribution < -0.4 is 2.89 Å². The van der Waals surface area contributed by atoms with Gasteiger partial charge in [0, 0.05) is 0 Å². The zero-order valence-corrected chi connectivity index (χ0v) is 20.0. The van der Waals surface area contributed by atoms with E-state index in [1.807, 2.05) is 2.89 Å². The molecule has 2 heteroatoms. The van der Waals surface area contributed by atoms with Crippen LogP contribution in [0.4, 0.5) is 0 Å². The Kier molecular flexibility index (Phi) is 7.07. The van der Waals surface area contributed by atoms with E-state index in [1.54, 1.807) is 29.3 Å². The van der Waals surface area contributed by atoms with Crippen LogP contribution in [-0.4, -0.2) is 18.4 Å². The molecule has 25 heavy (non-hydrogen) atoms. The molecule has 0 atom stereocenters. The third-order valence-corrected chi connectivity index (χ3v) is 25.4. The van der Waals surface area contributed by atoms with Gasteiger partial charge >= 0.3 is 164 Å². The van der Waals surface area contributed by atoms with E-state index in [9.17, 15) is 0 Å². The van der Waals surface area contributed by atoms with Crippen molar-refractivity contribution >= 4 is 32.6 Å². The van der Waals surface area contributed by atoms with Crippen molar-refractivity contribution in [2.45, 2.75) is 79.0 Å². The first-order valence-electron chi connectivity index (χ1n) is 10.5. The maximum absolute atomic E-state index is 2.69. The molecule has 0 amide bonds. The molecule has 1 heterocycles. The van der Waals surface area contributed by atoms with E-state index in [-0.39, 0.29) is 0 Å². The number of hydrogen-bond donors (Lipinski definition) is 0. The van der Waals surface area contributed by atoms with Crippen LogP contribution in [0.1, 0.15) is 70.4 Å². The summed E-state index contributed by atoms with van der Waals surface area (Å²) in [6.07, 6.45) is 9.66. The van der Waals surface area contributed by atoms with Gasteiger partial charge in [0.25, 0.3) is 0 Å². The first kappa shape index (κ1) is 19.5. The number of hydrogen-bond acceptors (Lipinski definition) is 1. The molecule has 2 aromatic rings. The standard InChI is InChI=1S/C11H7S.3C4H9.Sn/c1-2-4-10-8(3-1)7-9-5-6-12-11(9)10;3*1-3-4-2;/h1-5H,7H2;3*1,3-4H2,2H3;. The number of rotatable bonds is 10. The van der Waals surface area contributed by atoms with Crippen LogP contribution in [0.3, 0.4) is 0 Å². The summed E-state index contributed by atoms with van der Waals surface area (Å²) >= 11 is -0.0185. The maximum atomic E-state index is 2.69. The van der Waals surface area contributed by atoms with Gasteiger partial charge in [0.05, 0.1) is 0 Å². The fourth-order valence-corrected chi connectivity index (χ4v) is 24.9. The fourth-order valence-electron chi connectivity index (χ4n) is 4.44. The van der Waals surface area contributed by atoms with E-state index in [4.69, 9.17) is 0 Å². The number of thiophene rings is 1. The molecule has 1 aromatic carbocycles. The van der Waals surface area contributed by atoms with Gasteiger partial charge in [0.1, 0.15) is 0 Å². The average molecular weight is 461 g/mol. The molecule has 136 valence electrons. The second kappa shape index (κ2) is 9.08. The molecule has 1 aliphatic carbocycles. The fraction of sp³-hybridized carbons (Fsp3) is 0.565. The molecule has 1 aromatic heterocycles. The SMILES string of the molecule is CCC[CH2][Sn]([CH2]CCC)([CH2]CCC)[c]1cc2c(s1)-c1ccccc1C2. The van der Waals surface area contributed by atoms with E-state index >= 15 is 0 Å². The van der Waals surface area contributed by atoms with Crippen LogP contribution in [0, 0.1) is 0 Å². The molecule has 0 saturated heterocycles. The van der Waals surface area contributed by atoms with Crippen LogP contribution in [0.15, 0.2) is 30.3 Å².